The number of aliphatic hydroxyl groups is 1. The third kappa shape index (κ3) is 3.91. The van der Waals surface area contributed by atoms with E-state index in [1.54, 1.807) is 6.92 Å². The minimum absolute atomic E-state index is 0.140. The summed E-state index contributed by atoms with van der Waals surface area (Å²) in [6, 6.07) is 3.51. The van der Waals surface area contributed by atoms with E-state index >= 15 is 0 Å². The summed E-state index contributed by atoms with van der Waals surface area (Å²) in [5, 5.41) is 18.3. The lowest BCUT2D eigenvalue weighted by atomic mass is 10.2. The summed E-state index contributed by atoms with van der Waals surface area (Å²) in [6.07, 6.45) is -0.449. The van der Waals surface area contributed by atoms with Gasteiger partial charge < -0.3 is 15.9 Å². The summed E-state index contributed by atoms with van der Waals surface area (Å²) in [5.74, 6) is -1.36. The van der Waals surface area contributed by atoms with E-state index in [1.807, 2.05) is 0 Å². The highest BCUT2D eigenvalue weighted by Gasteiger charge is 2.23. The number of rotatable bonds is 6. The predicted octanol–water partition coefficient (Wildman–Crippen LogP) is 0.0162. The van der Waals surface area contributed by atoms with E-state index in [1.165, 1.54) is 6.07 Å². The van der Waals surface area contributed by atoms with Crippen molar-refractivity contribution in [3.63, 3.8) is 0 Å². The van der Waals surface area contributed by atoms with Crippen molar-refractivity contribution < 1.29 is 23.4 Å². The van der Waals surface area contributed by atoms with Crippen molar-refractivity contribution in [1.82, 2.24) is 4.72 Å². The number of hydrogen-bond donors (Lipinski definition) is 4. The first-order chi connectivity index (χ1) is 8.77. The molecule has 0 aliphatic rings. The second kappa shape index (κ2) is 6.00. The molecule has 0 bridgehead atoms. The van der Waals surface area contributed by atoms with Crippen LogP contribution in [-0.2, 0) is 10.0 Å². The van der Waals surface area contributed by atoms with Crippen LogP contribution in [0.1, 0.15) is 23.7 Å². The van der Waals surface area contributed by atoms with Gasteiger partial charge in [-0.2, -0.15) is 0 Å². The van der Waals surface area contributed by atoms with Crippen molar-refractivity contribution in [2.45, 2.75) is 24.3 Å². The number of anilines is 1. The Morgan fingerprint density at radius 2 is 2.11 bits per heavy atom. The topological polar surface area (TPSA) is 130 Å². The van der Waals surface area contributed by atoms with Gasteiger partial charge in [0.2, 0.25) is 10.0 Å². The molecule has 106 valence electrons. The van der Waals surface area contributed by atoms with Crippen molar-refractivity contribution in [3.8, 4) is 0 Å². The molecular weight excluding hydrogens is 272 g/mol. The highest BCUT2D eigenvalue weighted by molar-refractivity contribution is 7.89. The fourth-order valence-electron chi connectivity index (χ4n) is 1.37. The number of nitrogens with two attached hydrogens (primary N) is 1. The molecule has 0 aliphatic heterocycles. The van der Waals surface area contributed by atoms with Crippen LogP contribution in [0.3, 0.4) is 0 Å². The first-order valence-electron chi connectivity index (χ1n) is 5.58. The molecule has 0 aromatic heterocycles. The molecular formula is C11H16N2O5S. The predicted molar refractivity (Wildman–Crippen MR) is 69.3 cm³/mol. The van der Waals surface area contributed by atoms with Crippen LogP contribution in [0.15, 0.2) is 23.1 Å². The van der Waals surface area contributed by atoms with Crippen LogP contribution in [0.5, 0.6) is 0 Å². The molecule has 0 amide bonds. The Hall–Kier alpha value is -1.64. The van der Waals surface area contributed by atoms with Crippen LogP contribution in [0.2, 0.25) is 0 Å². The van der Waals surface area contributed by atoms with E-state index in [0.717, 1.165) is 12.1 Å². The molecule has 8 heteroatoms. The molecule has 5 N–H and O–H groups in total. The van der Waals surface area contributed by atoms with Gasteiger partial charge in [0.15, 0.2) is 0 Å². The summed E-state index contributed by atoms with van der Waals surface area (Å²) in [5.41, 5.74) is 5.24. The molecule has 19 heavy (non-hydrogen) atoms. The maximum Gasteiger partial charge on any atom is 0.337 e. The molecule has 1 aromatic carbocycles. The highest BCUT2D eigenvalue weighted by Crippen LogP contribution is 2.19. The van der Waals surface area contributed by atoms with Gasteiger partial charge in [0.25, 0.3) is 0 Å². The Kier molecular flexibility index (Phi) is 4.87. The Morgan fingerprint density at radius 1 is 1.47 bits per heavy atom. The van der Waals surface area contributed by atoms with E-state index in [0.29, 0.717) is 6.42 Å². The smallest absolute Gasteiger partial charge is 0.337 e. The number of aliphatic hydroxyl groups excluding tert-OH is 1. The average Bonchev–Trinajstić information content (AvgIpc) is 2.35. The van der Waals surface area contributed by atoms with Crippen molar-refractivity contribution in [2.24, 2.45) is 0 Å². The third-order valence-corrected chi connectivity index (χ3v) is 3.97. The molecule has 0 radical (unpaired) electrons. The van der Waals surface area contributed by atoms with Crippen LogP contribution in [0.25, 0.3) is 0 Å². The molecule has 0 heterocycles. The highest BCUT2D eigenvalue weighted by atomic mass is 32.2. The molecule has 1 rings (SSSR count). The second-order valence-electron chi connectivity index (χ2n) is 3.97. The fraction of sp³-hybridized carbons (Fsp3) is 0.364. The first-order valence-corrected chi connectivity index (χ1v) is 7.06. The number of hydrogen-bond acceptors (Lipinski definition) is 5. The van der Waals surface area contributed by atoms with E-state index in [9.17, 15) is 18.3 Å². The Morgan fingerprint density at radius 3 is 2.63 bits per heavy atom. The number of aromatic carboxylic acids is 1. The van der Waals surface area contributed by atoms with Gasteiger partial charge in [-0.05, 0) is 24.6 Å². The maximum atomic E-state index is 12.0. The molecule has 0 saturated heterocycles. The zero-order valence-electron chi connectivity index (χ0n) is 10.3. The summed E-state index contributed by atoms with van der Waals surface area (Å²) in [4.78, 5) is 10.6. The van der Waals surface area contributed by atoms with E-state index < -0.39 is 27.0 Å². The molecule has 7 nitrogen and oxygen atoms in total. The molecule has 0 saturated carbocycles. The van der Waals surface area contributed by atoms with Gasteiger partial charge in [-0.3, -0.25) is 0 Å². The quantitative estimate of drug-likeness (QED) is 0.546. The number of carboxylic acid groups (broad SMARTS) is 1. The molecule has 1 unspecified atom stereocenters. The minimum atomic E-state index is -4.03. The number of nitrogen functional groups attached to an aromatic ring is 1. The van der Waals surface area contributed by atoms with Crippen LogP contribution in [-0.4, -0.2) is 37.2 Å². The first kappa shape index (κ1) is 15.4. The lowest BCUT2D eigenvalue weighted by Gasteiger charge is -2.12. The van der Waals surface area contributed by atoms with Crippen LogP contribution in [0.4, 0.5) is 5.69 Å². The Bertz CT molecular complexity index is 570. The van der Waals surface area contributed by atoms with Gasteiger partial charge in [0, 0.05) is 12.2 Å². The lowest BCUT2D eigenvalue weighted by Crippen LogP contribution is -2.32. The monoisotopic (exact) mass is 288 g/mol. The number of carboxylic acids is 1. The standard InChI is InChI=1S/C11H16N2O5S/c1-2-8(14)6-13-19(17,18)10-5-7(12)3-4-9(10)11(15)16/h3-5,8,13-14H,2,6,12H2,1H3,(H,15,16). The van der Waals surface area contributed by atoms with Crippen LogP contribution < -0.4 is 10.5 Å². The third-order valence-electron chi connectivity index (χ3n) is 2.51. The van der Waals surface area contributed by atoms with Gasteiger partial charge in [0.05, 0.1) is 16.6 Å². The fourth-order valence-corrected chi connectivity index (χ4v) is 2.67. The van der Waals surface area contributed by atoms with Crippen LogP contribution in [0, 0.1) is 0 Å². The normalized spacial score (nSPS) is 13.2. The zero-order valence-corrected chi connectivity index (χ0v) is 11.1. The van der Waals surface area contributed by atoms with Gasteiger partial charge in [0.1, 0.15) is 0 Å². The molecule has 0 spiro atoms. The van der Waals surface area contributed by atoms with Crippen molar-refractivity contribution >= 4 is 21.7 Å². The van der Waals surface area contributed by atoms with Gasteiger partial charge in [-0.1, -0.05) is 6.92 Å². The molecule has 1 aromatic rings. The van der Waals surface area contributed by atoms with E-state index in [2.05, 4.69) is 4.72 Å². The SMILES string of the molecule is CCC(O)CNS(=O)(=O)c1cc(N)ccc1C(=O)O. The maximum absolute atomic E-state index is 12.0. The van der Waals surface area contributed by atoms with E-state index in [-0.39, 0.29) is 17.8 Å². The number of nitrogens with one attached hydrogen (secondary N) is 1. The summed E-state index contributed by atoms with van der Waals surface area (Å²) < 4.78 is 26.1. The number of sulfonamides is 1. The average molecular weight is 288 g/mol. The Labute approximate surface area is 111 Å². The van der Waals surface area contributed by atoms with Crippen molar-refractivity contribution in [1.29, 1.82) is 0 Å². The van der Waals surface area contributed by atoms with Gasteiger partial charge in [-0.25, -0.2) is 17.9 Å². The van der Waals surface area contributed by atoms with Gasteiger partial charge >= 0.3 is 5.97 Å². The molecule has 0 aliphatic carbocycles. The Balaban J connectivity index is 3.13. The van der Waals surface area contributed by atoms with E-state index in [4.69, 9.17) is 10.8 Å². The summed E-state index contributed by atoms with van der Waals surface area (Å²) in [6.45, 7) is 1.51. The number of benzene rings is 1. The van der Waals surface area contributed by atoms with Crippen molar-refractivity contribution in [3.05, 3.63) is 23.8 Å². The lowest BCUT2D eigenvalue weighted by molar-refractivity contribution is 0.0692. The molecule has 0 fully saturated rings. The molecule has 1 atom stereocenters. The summed E-state index contributed by atoms with van der Waals surface area (Å²) in [7, 11) is -4.03. The second-order valence-corrected chi connectivity index (χ2v) is 5.71. The number of carbonyl (C=O) groups is 1. The van der Waals surface area contributed by atoms with Crippen molar-refractivity contribution in [2.75, 3.05) is 12.3 Å². The largest absolute Gasteiger partial charge is 0.478 e. The minimum Gasteiger partial charge on any atom is -0.478 e. The van der Waals surface area contributed by atoms with Crippen LogP contribution >= 0.6 is 0 Å². The van der Waals surface area contributed by atoms with Gasteiger partial charge in [-0.15, -0.1) is 0 Å². The summed E-state index contributed by atoms with van der Waals surface area (Å²) >= 11 is 0. The zero-order chi connectivity index (χ0) is 14.6.